The van der Waals surface area contributed by atoms with Crippen molar-refractivity contribution in [1.82, 2.24) is 24.7 Å². The molecule has 0 radical (unpaired) electrons. The molecule has 3 amide bonds. The summed E-state index contributed by atoms with van der Waals surface area (Å²) in [6.07, 6.45) is 4.19. The molecule has 2 saturated heterocycles. The number of imide groups is 1. The van der Waals surface area contributed by atoms with Crippen LogP contribution in [0.4, 0.5) is 0 Å². The van der Waals surface area contributed by atoms with E-state index in [-0.39, 0.29) is 43.1 Å². The van der Waals surface area contributed by atoms with Crippen molar-refractivity contribution in [2.75, 3.05) is 19.6 Å². The van der Waals surface area contributed by atoms with Crippen LogP contribution in [0.2, 0.25) is 0 Å². The largest absolute Gasteiger partial charge is 0.336 e. The Kier molecular flexibility index (Phi) is 4.95. The third kappa shape index (κ3) is 3.43. The Labute approximate surface area is 163 Å². The van der Waals surface area contributed by atoms with Crippen LogP contribution in [-0.2, 0) is 23.2 Å². The van der Waals surface area contributed by atoms with Gasteiger partial charge in [0.15, 0.2) is 0 Å². The molecule has 0 saturated carbocycles. The van der Waals surface area contributed by atoms with Crippen molar-refractivity contribution in [3.63, 3.8) is 0 Å². The molecular formula is C20H23N5O3. The van der Waals surface area contributed by atoms with Crippen LogP contribution in [0.5, 0.6) is 0 Å². The molecule has 2 aliphatic heterocycles. The summed E-state index contributed by atoms with van der Waals surface area (Å²) in [5, 5.41) is 3.33. The summed E-state index contributed by atoms with van der Waals surface area (Å²) < 4.78 is 1.94. The zero-order valence-electron chi connectivity index (χ0n) is 15.8. The standard InChI is InChI=1S/C20H23N5O3/c1-23-10-9-22-19(23)16-12-21-8-11-24(16)20(28)15-4-2-14(3-5-15)13-25-17(26)6-7-18(25)27/h2-5,9-10,16,21H,6-8,11-13H2,1H3. The van der Waals surface area contributed by atoms with Gasteiger partial charge in [0.25, 0.3) is 5.91 Å². The zero-order chi connectivity index (χ0) is 19.7. The van der Waals surface area contributed by atoms with Gasteiger partial charge < -0.3 is 14.8 Å². The van der Waals surface area contributed by atoms with Crippen molar-refractivity contribution < 1.29 is 14.4 Å². The highest BCUT2D eigenvalue weighted by molar-refractivity contribution is 6.01. The predicted molar refractivity (Wildman–Crippen MR) is 101 cm³/mol. The summed E-state index contributed by atoms with van der Waals surface area (Å²) in [7, 11) is 1.93. The number of carbonyl (C=O) groups excluding carboxylic acids is 3. The molecule has 146 valence electrons. The van der Waals surface area contributed by atoms with Crippen LogP contribution < -0.4 is 5.32 Å². The van der Waals surface area contributed by atoms with Crippen molar-refractivity contribution in [2.45, 2.75) is 25.4 Å². The maximum Gasteiger partial charge on any atom is 0.254 e. The number of rotatable bonds is 4. The van der Waals surface area contributed by atoms with Crippen LogP contribution in [0.3, 0.4) is 0 Å². The molecule has 28 heavy (non-hydrogen) atoms. The van der Waals surface area contributed by atoms with E-state index in [0.717, 1.165) is 17.9 Å². The zero-order valence-corrected chi connectivity index (χ0v) is 15.8. The third-order valence-electron chi connectivity index (χ3n) is 5.36. The molecular weight excluding hydrogens is 358 g/mol. The Morgan fingerprint density at radius 3 is 2.54 bits per heavy atom. The molecule has 1 atom stereocenters. The van der Waals surface area contributed by atoms with Crippen LogP contribution >= 0.6 is 0 Å². The van der Waals surface area contributed by atoms with Crippen molar-refractivity contribution in [1.29, 1.82) is 0 Å². The number of aryl methyl sites for hydroxylation is 1. The molecule has 2 fully saturated rings. The normalized spacial score (nSPS) is 20.1. The van der Waals surface area contributed by atoms with E-state index in [0.29, 0.717) is 18.7 Å². The Hall–Kier alpha value is -3.00. The van der Waals surface area contributed by atoms with Gasteiger partial charge in [0.05, 0.1) is 6.54 Å². The monoisotopic (exact) mass is 381 g/mol. The Morgan fingerprint density at radius 1 is 1.18 bits per heavy atom. The average molecular weight is 381 g/mol. The first kappa shape index (κ1) is 18.4. The van der Waals surface area contributed by atoms with Crippen molar-refractivity contribution in [3.8, 4) is 0 Å². The Balaban J connectivity index is 1.50. The maximum absolute atomic E-state index is 13.1. The first-order valence-corrected chi connectivity index (χ1v) is 9.45. The molecule has 8 nitrogen and oxygen atoms in total. The van der Waals surface area contributed by atoms with Gasteiger partial charge in [-0.05, 0) is 17.7 Å². The lowest BCUT2D eigenvalue weighted by Crippen LogP contribution is -2.49. The Morgan fingerprint density at radius 2 is 1.89 bits per heavy atom. The molecule has 0 spiro atoms. The van der Waals surface area contributed by atoms with Gasteiger partial charge in [0.2, 0.25) is 11.8 Å². The number of nitrogens with one attached hydrogen (secondary N) is 1. The Bertz CT molecular complexity index is 889. The highest BCUT2D eigenvalue weighted by Crippen LogP contribution is 2.23. The summed E-state index contributed by atoms with van der Waals surface area (Å²) in [6, 6.07) is 7.02. The van der Waals surface area contributed by atoms with Gasteiger partial charge in [-0.15, -0.1) is 0 Å². The van der Waals surface area contributed by atoms with Crippen LogP contribution in [0.15, 0.2) is 36.7 Å². The average Bonchev–Trinajstić information content (AvgIpc) is 3.28. The number of hydrogen-bond acceptors (Lipinski definition) is 5. The van der Waals surface area contributed by atoms with Gasteiger partial charge in [-0.2, -0.15) is 0 Å². The highest BCUT2D eigenvalue weighted by atomic mass is 16.2. The van der Waals surface area contributed by atoms with Crippen LogP contribution in [0.25, 0.3) is 0 Å². The molecule has 3 heterocycles. The van der Waals surface area contributed by atoms with Gasteiger partial charge in [-0.3, -0.25) is 19.3 Å². The van der Waals surface area contributed by atoms with E-state index in [4.69, 9.17) is 0 Å². The summed E-state index contributed by atoms with van der Waals surface area (Å²) >= 11 is 0. The van der Waals surface area contributed by atoms with E-state index >= 15 is 0 Å². The number of benzene rings is 1. The molecule has 1 unspecified atom stereocenters. The number of amides is 3. The summed E-state index contributed by atoms with van der Waals surface area (Å²) in [4.78, 5) is 44.2. The van der Waals surface area contributed by atoms with Crippen LogP contribution in [-0.4, -0.2) is 56.7 Å². The molecule has 2 aliphatic rings. The van der Waals surface area contributed by atoms with E-state index in [2.05, 4.69) is 10.3 Å². The molecule has 0 bridgehead atoms. The van der Waals surface area contributed by atoms with E-state index in [9.17, 15) is 14.4 Å². The van der Waals surface area contributed by atoms with Crippen molar-refractivity contribution in [2.24, 2.45) is 7.05 Å². The van der Waals surface area contributed by atoms with Gasteiger partial charge in [-0.25, -0.2) is 4.98 Å². The topological polar surface area (TPSA) is 87.5 Å². The minimum Gasteiger partial charge on any atom is -0.336 e. The SMILES string of the molecule is Cn1ccnc1C1CNCCN1C(=O)c1ccc(CN2C(=O)CCC2=O)cc1. The number of aromatic nitrogens is 2. The summed E-state index contributed by atoms with van der Waals surface area (Å²) in [5.41, 5.74) is 1.42. The van der Waals surface area contributed by atoms with E-state index in [1.165, 1.54) is 4.90 Å². The van der Waals surface area contributed by atoms with Crippen molar-refractivity contribution >= 4 is 17.7 Å². The number of imidazole rings is 1. The lowest BCUT2D eigenvalue weighted by atomic mass is 10.1. The fourth-order valence-corrected chi connectivity index (χ4v) is 3.78. The molecule has 1 aromatic heterocycles. The minimum absolute atomic E-state index is 0.0469. The molecule has 2 aromatic rings. The lowest BCUT2D eigenvalue weighted by molar-refractivity contribution is -0.139. The van der Waals surface area contributed by atoms with Crippen LogP contribution in [0, 0.1) is 0 Å². The van der Waals surface area contributed by atoms with Gasteiger partial charge in [-0.1, -0.05) is 12.1 Å². The molecule has 8 heteroatoms. The quantitative estimate of drug-likeness (QED) is 0.794. The van der Waals surface area contributed by atoms with Gasteiger partial charge in [0, 0.05) is 57.5 Å². The van der Waals surface area contributed by atoms with Crippen molar-refractivity contribution in [3.05, 3.63) is 53.6 Å². The predicted octanol–water partition coefficient (Wildman–Crippen LogP) is 0.856. The molecule has 1 N–H and O–H groups in total. The second kappa shape index (κ2) is 7.55. The first-order chi connectivity index (χ1) is 13.5. The minimum atomic E-state index is -0.135. The molecule has 4 rings (SSSR count). The second-order valence-electron chi connectivity index (χ2n) is 7.19. The summed E-state index contributed by atoms with van der Waals surface area (Å²) in [6.45, 7) is 2.27. The fourth-order valence-electron chi connectivity index (χ4n) is 3.78. The smallest absolute Gasteiger partial charge is 0.254 e. The number of nitrogens with zero attached hydrogens (tertiary/aromatic N) is 4. The number of hydrogen-bond donors (Lipinski definition) is 1. The number of piperazine rings is 1. The van der Waals surface area contributed by atoms with Gasteiger partial charge >= 0.3 is 0 Å². The second-order valence-corrected chi connectivity index (χ2v) is 7.19. The highest BCUT2D eigenvalue weighted by Gasteiger charge is 2.31. The van der Waals surface area contributed by atoms with E-state index < -0.39 is 0 Å². The molecule has 1 aromatic carbocycles. The van der Waals surface area contributed by atoms with E-state index in [1.807, 2.05) is 34.8 Å². The lowest BCUT2D eigenvalue weighted by Gasteiger charge is -2.35. The first-order valence-electron chi connectivity index (χ1n) is 9.45. The van der Waals surface area contributed by atoms with Crippen LogP contribution in [0.1, 0.15) is 40.6 Å². The maximum atomic E-state index is 13.1. The fraction of sp³-hybridized carbons (Fsp3) is 0.400. The van der Waals surface area contributed by atoms with Gasteiger partial charge in [0.1, 0.15) is 11.9 Å². The number of carbonyl (C=O) groups is 3. The van der Waals surface area contributed by atoms with E-state index in [1.54, 1.807) is 18.3 Å². The number of likely N-dealkylation sites (tertiary alicyclic amines) is 1. The summed E-state index contributed by atoms with van der Waals surface area (Å²) in [5.74, 6) is 0.533. The molecule has 0 aliphatic carbocycles. The third-order valence-corrected chi connectivity index (χ3v) is 5.36.